The first kappa shape index (κ1) is 20.4. The summed E-state index contributed by atoms with van der Waals surface area (Å²) in [7, 11) is 1.57. The second-order valence-electron chi connectivity index (χ2n) is 6.82. The Balaban J connectivity index is 1.82. The Morgan fingerprint density at radius 1 is 1.17 bits per heavy atom. The van der Waals surface area contributed by atoms with E-state index in [1.165, 1.54) is 4.90 Å². The normalized spacial score (nSPS) is 15.3. The highest BCUT2D eigenvalue weighted by Crippen LogP contribution is 2.35. The fourth-order valence-electron chi connectivity index (χ4n) is 3.13. The van der Waals surface area contributed by atoms with Gasteiger partial charge in [0.15, 0.2) is 11.9 Å². The zero-order chi connectivity index (χ0) is 21.0. The molecule has 1 unspecified atom stereocenters. The zero-order valence-electron chi connectivity index (χ0n) is 16.7. The van der Waals surface area contributed by atoms with Gasteiger partial charge in [0.25, 0.3) is 5.91 Å². The number of anilines is 2. The van der Waals surface area contributed by atoms with Gasteiger partial charge in [0.2, 0.25) is 5.91 Å². The number of carbonyl (C=O) groups excluding carboxylic acids is 3. The number of Topliss-reactive ketones (excluding diaryl/α,β-unsaturated/α-hetero) is 1. The van der Waals surface area contributed by atoms with Crippen molar-refractivity contribution in [1.29, 1.82) is 0 Å². The molecule has 2 aromatic rings. The molecule has 1 atom stereocenters. The number of amides is 2. The number of carbonyl (C=O) groups is 3. The van der Waals surface area contributed by atoms with E-state index in [1.807, 2.05) is 6.92 Å². The van der Waals surface area contributed by atoms with Crippen molar-refractivity contribution in [3.05, 3.63) is 48.0 Å². The molecule has 2 aromatic carbocycles. The lowest BCUT2D eigenvalue weighted by Crippen LogP contribution is -2.47. The number of ether oxygens (including phenoxy) is 2. The number of methoxy groups -OCH3 is 1. The number of rotatable bonds is 7. The monoisotopic (exact) mass is 396 g/mol. The van der Waals surface area contributed by atoms with Crippen LogP contribution in [0, 0.1) is 0 Å². The Hall–Kier alpha value is -3.35. The first-order chi connectivity index (χ1) is 13.9. The Kier molecular flexibility index (Phi) is 6.16. The van der Waals surface area contributed by atoms with Gasteiger partial charge in [-0.3, -0.25) is 19.3 Å². The SMILES string of the molecule is CCCC(=O)c1ccc2c(c1)N(CC(=O)Nc1ccc(OC)cc1)C(=O)C(C)O2. The van der Waals surface area contributed by atoms with Gasteiger partial charge in [-0.1, -0.05) is 6.92 Å². The fourth-order valence-corrected chi connectivity index (χ4v) is 3.13. The smallest absolute Gasteiger partial charge is 0.268 e. The molecule has 3 rings (SSSR count). The van der Waals surface area contributed by atoms with Gasteiger partial charge >= 0.3 is 0 Å². The molecule has 2 amide bonds. The molecule has 1 N–H and O–H groups in total. The van der Waals surface area contributed by atoms with E-state index in [2.05, 4.69) is 5.32 Å². The van der Waals surface area contributed by atoms with Crippen molar-refractivity contribution in [2.45, 2.75) is 32.8 Å². The summed E-state index contributed by atoms with van der Waals surface area (Å²) in [4.78, 5) is 38.9. The number of ketones is 1. The van der Waals surface area contributed by atoms with Crippen molar-refractivity contribution in [1.82, 2.24) is 0 Å². The molecule has 0 aliphatic carbocycles. The van der Waals surface area contributed by atoms with Crippen LogP contribution in [0.2, 0.25) is 0 Å². The summed E-state index contributed by atoms with van der Waals surface area (Å²) < 4.78 is 10.7. The van der Waals surface area contributed by atoms with Crippen LogP contribution in [0.15, 0.2) is 42.5 Å². The summed E-state index contributed by atoms with van der Waals surface area (Å²) in [5.74, 6) is 0.459. The molecule has 7 heteroatoms. The van der Waals surface area contributed by atoms with Crippen LogP contribution >= 0.6 is 0 Å². The first-order valence-electron chi connectivity index (χ1n) is 9.52. The van der Waals surface area contributed by atoms with Crippen molar-refractivity contribution in [2.75, 3.05) is 23.9 Å². The molecule has 0 aromatic heterocycles. The maximum Gasteiger partial charge on any atom is 0.268 e. The van der Waals surface area contributed by atoms with Gasteiger partial charge in [0.1, 0.15) is 18.0 Å². The summed E-state index contributed by atoms with van der Waals surface area (Å²) in [6, 6.07) is 11.9. The molecule has 0 saturated heterocycles. The van der Waals surface area contributed by atoms with Crippen LogP contribution in [0.25, 0.3) is 0 Å². The molecule has 152 valence electrons. The molecule has 0 radical (unpaired) electrons. The molecule has 1 aliphatic rings. The Morgan fingerprint density at radius 2 is 1.90 bits per heavy atom. The number of nitrogens with one attached hydrogen (secondary N) is 1. The van der Waals surface area contributed by atoms with Crippen molar-refractivity contribution >= 4 is 29.0 Å². The Morgan fingerprint density at radius 3 is 2.55 bits per heavy atom. The largest absolute Gasteiger partial charge is 0.497 e. The topological polar surface area (TPSA) is 84.9 Å². The van der Waals surface area contributed by atoms with Crippen LogP contribution in [-0.4, -0.2) is 37.4 Å². The minimum Gasteiger partial charge on any atom is -0.497 e. The lowest BCUT2D eigenvalue weighted by Gasteiger charge is -2.32. The molecular weight excluding hydrogens is 372 g/mol. The Bertz CT molecular complexity index is 923. The summed E-state index contributed by atoms with van der Waals surface area (Å²) in [5.41, 5.74) is 1.52. The van der Waals surface area contributed by atoms with Crippen LogP contribution < -0.4 is 19.7 Å². The first-order valence-corrected chi connectivity index (χ1v) is 9.52. The van der Waals surface area contributed by atoms with Crippen molar-refractivity contribution in [3.63, 3.8) is 0 Å². The van der Waals surface area contributed by atoms with E-state index in [4.69, 9.17) is 9.47 Å². The number of nitrogens with zero attached hydrogens (tertiary/aromatic N) is 1. The van der Waals surface area contributed by atoms with Gasteiger partial charge in [0.05, 0.1) is 12.8 Å². The van der Waals surface area contributed by atoms with E-state index in [0.717, 1.165) is 6.42 Å². The molecule has 1 aliphatic heterocycles. The number of hydrogen-bond acceptors (Lipinski definition) is 5. The molecule has 1 heterocycles. The van der Waals surface area contributed by atoms with Crippen LogP contribution in [0.3, 0.4) is 0 Å². The highest BCUT2D eigenvalue weighted by Gasteiger charge is 2.33. The lowest BCUT2D eigenvalue weighted by atomic mass is 10.0. The quantitative estimate of drug-likeness (QED) is 0.725. The second kappa shape index (κ2) is 8.77. The fraction of sp³-hybridized carbons (Fsp3) is 0.318. The number of benzene rings is 2. The molecular formula is C22H24N2O5. The second-order valence-corrected chi connectivity index (χ2v) is 6.82. The number of hydrogen-bond donors (Lipinski definition) is 1. The Labute approximate surface area is 169 Å². The van der Waals surface area contributed by atoms with Gasteiger partial charge < -0.3 is 14.8 Å². The minimum absolute atomic E-state index is 0.0102. The highest BCUT2D eigenvalue weighted by molar-refractivity contribution is 6.07. The predicted octanol–water partition coefficient (Wildman–Crippen LogP) is 3.43. The maximum absolute atomic E-state index is 12.7. The van der Waals surface area contributed by atoms with E-state index in [9.17, 15) is 14.4 Å². The summed E-state index contributed by atoms with van der Waals surface area (Å²) in [6.07, 6.45) is 0.437. The van der Waals surface area contributed by atoms with E-state index in [0.29, 0.717) is 34.9 Å². The van der Waals surface area contributed by atoms with Crippen molar-refractivity contribution in [3.8, 4) is 11.5 Å². The molecule has 7 nitrogen and oxygen atoms in total. The molecule has 0 bridgehead atoms. The van der Waals surface area contributed by atoms with E-state index >= 15 is 0 Å². The van der Waals surface area contributed by atoms with Crippen LogP contribution in [0.4, 0.5) is 11.4 Å². The zero-order valence-corrected chi connectivity index (χ0v) is 16.7. The molecule has 0 saturated carbocycles. The lowest BCUT2D eigenvalue weighted by molar-refractivity contribution is -0.127. The highest BCUT2D eigenvalue weighted by atomic mass is 16.5. The van der Waals surface area contributed by atoms with Crippen LogP contribution in [0.5, 0.6) is 11.5 Å². The summed E-state index contributed by atoms with van der Waals surface area (Å²) >= 11 is 0. The molecule has 0 fully saturated rings. The van der Waals surface area contributed by atoms with Gasteiger partial charge in [-0.25, -0.2) is 0 Å². The van der Waals surface area contributed by atoms with E-state index < -0.39 is 6.10 Å². The maximum atomic E-state index is 12.7. The van der Waals surface area contributed by atoms with Crippen molar-refractivity contribution in [2.24, 2.45) is 0 Å². The van der Waals surface area contributed by atoms with Gasteiger partial charge in [-0.15, -0.1) is 0 Å². The van der Waals surface area contributed by atoms with E-state index in [1.54, 1.807) is 56.5 Å². The van der Waals surface area contributed by atoms with E-state index in [-0.39, 0.29) is 24.1 Å². The average molecular weight is 396 g/mol. The minimum atomic E-state index is -0.714. The molecule has 29 heavy (non-hydrogen) atoms. The third kappa shape index (κ3) is 4.56. The standard InChI is InChI=1S/C22H24N2O5/c1-4-5-19(25)15-6-11-20-18(12-15)24(22(27)14(2)29-20)13-21(26)23-16-7-9-17(28-3)10-8-16/h6-12,14H,4-5,13H2,1-3H3,(H,23,26). The van der Waals surface area contributed by atoms with Gasteiger partial charge in [-0.2, -0.15) is 0 Å². The third-order valence-electron chi connectivity index (χ3n) is 4.64. The number of fused-ring (bicyclic) bond motifs is 1. The third-order valence-corrected chi connectivity index (χ3v) is 4.64. The summed E-state index contributed by atoms with van der Waals surface area (Å²) in [6.45, 7) is 3.38. The average Bonchev–Trinajstić information content (AvgIpc) is 2.72. The predicted molar refractivity (Wildman–Crippen MR) is 110 cm³/mol. The summed E-state index contributed by atoms with van der Waals surface area (Å²) in [5, 5.41) is 2.77. The van der Waals surface area contributed by atoms with Crippen LogP contribution in [-0.2, 0) is 9.59 Å². The van der Waals surface area contributed by atoms with Crippen molar-refractivity contribution < 1.29 is 23.9 Å². The van der Waals surface area contributed by atoms with Gasteiger partial charge in [-0.05, 0) is 55.8 Å². The van der Waals surface area contributed by atoms with Gasteiger partial charge in [0, 0.05) is 17.7 Å². The molecule has 0 spiro atoms. The van der Waals surface area contributed by atoms with Crippen LogP contribution in [0.1, 0.15) is 37.0 Å².